The highest BCUT2D eigenvalue weighted by molar-refractivity contribution is 5.60. The maximum Gasteiger partial charge on any atom is 0.311 e. The molecule has 98 valence electrons. The van der Waals surface area contributed by atoms with Crippen LogP contribution in [0.2, 0.25) is 0 Å². The summed E-state index contributed by atoms with van der Waals surface area (Å²) in [6.45, 7) is 2.87. The maximum absolute atomic E-state index is 10.9. The third-order valence-electron chi connectivity index (χ3n) is 3.07. The molecule has 0 radical (unpaired) electrons. The van der Waals surface area contributed by atoms with Gasteiger partial charge in [-0.1, -0.05) is 6.92 Å². The molecule has 0 aromatic carbocycles. The first-order valence-electron chi connectivity index (χ1n) is 6.36. The summed E-state index contributed by atoms with van der Waals surface area (Å²) >= 11 is 0. The molecule has 1 aliphatic rings. The molecule has 1 heterocycles. The molecule has 1 aromatic rings. The predicted octanol–water partition coefficient (Wildman–Crippen LogP) is 2.78. The Morgan fingerprint density at radius 3 is 2.83 bits per heavy atom. The van der Waals surface area contributed by atoms with Crippen molar-refractivity contribution in [3.05, 3.63) is 22.2 Å². The minimum absolute atomic E-state index is 0.0453. The third kappa shape index (κ3) is 2.88. The van der Waals surface area contributed by atoms with Gasteiger partial charge in [0.05, 0.1) is 4.92 Å². The first-order chi connectivity index (χ1) is 8.70. The summed E-state index contributed by atoms with van der Waals surface area (Å²) in [7, 11) is 0. The lowest BCUT2D eigenvalue weighted by Crippen LogP contribution is -2.28. The normalized spacial score (nSPS) is 14.9. The van der Waals surface area contributed by atoms with E-state index in [1.165, 1.54) is 12.5 Å². The van der Waals surface area contributed by atoms with Gasteiger partial charge in [0, 0.05) is 18.7 Å². The average Bonchev–Trinajstić information content (AvgIpc) is 2.31. The van der Waals surface area contributed by atoms with Crippen molar-refractivity contribution in [3.8, 4) is 0 Å². The van der Waals surface area contributed by atoms with Crippen LogP contribution in [0.15, 0.2) is 12.1 Å². The van der Waals surface area contributed by atoms with E-state index in [2.05, 4.69) is 22.5 Å². The van der Waals surface area contributed by atoms with E-state index in [4.69, 9.17) is 0 Å². The standard InChI is InChI=1S/C12H18N4O2/c1-2-8-13-11-7-6-10(16(17)18)12(15-11)14-9-4-3-5-9/h6-7,9H,2-5,8H2,1H3,(H2,13,14,15). The fourth-order valence-corrected chi connectivity index (χ4v) is 1.80. The Kier molecular flexibility index (Phi) is 3.96. The quantitative estimate of drug-likeness (QED) is 0.599. The maximum atomic E-state index is 10.9. The van der Waals surface area contributed by atoms with Crippen LogP contribution < -0.4 is 10.6 Å². The first kappa shape index (κ1) is 12.6. The van der Waals surface area contributed by atoms with Crippen LogP contribution in [0.4, 0.5) is 17.3 Å². The summed E-state index contributed by atoms with van der Waals surface area (Å²) in [4.78, 5) is 14.8. The Morgan fingerprint density at radius 1 is 1.50 bits per heavy atom. The summed E-state index contributed by atoms with van der Waals surface area (Å²) in [5, 5.41) is 17.2. The highest BCUT2D eigenvalue weighted by Crippen LogP contribution is 2.29. The number of anilines is 2. The van der Waals surface area contributed by atoms with Crippen molar-refractivity contribution in [1.82, 2.24) is 4.98 Å². The molecule has 6 heteroatoms. The molecule has 6 nitrogen and oxygen atoms in total. The van der Waals surface area contributed by atoms with E-state index in [0.29, 0.717) is 17.7 Å². The van der Waals surface area contributed by atoms with Crippen LogP contribution >= 0.6 is 0 Å². The number of pyridine rings is 1. The van der Waals surface area contributed by atoms with Crippen LogP contribution in [0.5, 0.6) is 0 Å². The Balaban J connectivity index is 2.16. The van der Waals surface area contributed by atoms with Crippen LogP contribution in [0.1, 0.15) is 32.6 Å². The molecule has 0 saturated heterocycles. The SMILES string of the molecule is CCCNc1ccc([N+](=O)[O-])c(NC2CCC2)n1. The molecular weight excluding hydrogens is 232 g/mol. The summed E-state index contributed by atoms with van der Waals surface area (Å²) in [5.74, 6) is 1.06. The Labute approximate surface area is 106 Å². The van der Waals surface area contributed by atoms with Gasteiger partial charge in [0.1, 0.15) is 5.82 Å². The highest BCUT2D eigenvalue weighted by Gasteiger charge is 2.23. The molecule has 1 aromatic heterocycles. The second kappa shape index (κ2) is 5.66. The van der Waals surface area contributed by atoms with Gasteiger partial charge in [-0.3, -0.25) is 10.1 Å². The number of nitrogens with zero attached hydrogens (tertiary/aromatic N) is 2. The molecule has 0 atom stereocenters. The third-order valence-corrected chi connectivity index (χ3v) is 3.07. The lowest BCUT2D eigenvalue weighted by Gasteiger charge is -2.26. The molecule has 18 heavy (non-hydrogen) atoms. The molecule has 2 rings (SSSR count). The van der Waals surface area contributed by atoms with Gasteiger partial charge in [-0.15, -0.1) is 0 Å². The molecule has 1 fully saturated rings. The smallest absolute Gasteiger partial charge is 0.311 e. The minimum Gasteiger partial charge on any atom is -0.370 e. The van der Waals surface area contributed by atoms with Gasteiger partial charge in [0.2, 0.25) is 5.82 Å². The fourth-order valence-electron chi connectivity index (χ4n) is 1.80. The Bertz CT molecular complexity index is 432. The molecule has 0 amide bonds. The highest BCUT2D eigenvalue weighted by atomic mass is 16.6. The van der Waals surface area contributed by atoms with Gasteiger partial charge in [-0.2, -0.15) is 0 Å². The number of nitro groups is 1. The van der Waals surface area contributed by atoms with Gasteiger partial charge in [0.15, 0.2) is 0 Å². The van der Waals surface area contributed by atoms with Crippen molar-refractivity contribution in [2.45, 2.75) is 38.6 Å². The van der Waals surface area contributed by atoms with Gasteiger partial charge < -0.3 is 10.6 Å². The second-order valence-corrected chi connectivity index (χ2v) is 4.52. The predicted molar refractivity (Wildman–Crippen MR) is 70.9 cm³/mol. The van der Waals surface area contributed by atoms with Crippen molar-refractivity contribution < 1.29 is 4.92 Å². The van der Waals surface area contributed by atoms with Crippen molar-refractivity contribution in [2.75, 3.05) is 17.2 Å². The monoisotopic (exact) mass is 250 g/mol. The van der Waals surface area contributed by atoms with E-state index in [1.807, 2.05) is 0 Å². The largest absolute Gasteiger partial charge is 0.370 e. The summed E-state index contributed by atoms with van der Waals surface area (Å²) in [5.41, 5.74) is 0.0453. The van der Waals surface area contributed by atoms with Crippen molar-refractivity contribution in [1.29, 1.82) is 0 Å². The van der Waals surface area contributed by atoms with Crippen LogP contribution in [0.3, 0.4) is 0 Å². The first-order valence-corrected chi connectivity index (χ1v) is 6.36. The molecule has 1 saturated carbocycles. The number of hydrogen-bond donors (Lipinski definition) is 2. The van der Waals surface area contributed by atoms with Crippen LogP contribution in [-0.4, -0.2) is 22.5 Å². The lowest BCUT2D eigenvalue weighted by molar-refractivity contribution is -0.384. The zero-order valence-corrected chi connectivity index (χ0v) is 10.5. The molecule has 2 N–H and O–H groups in total. The number of hydrogen-bond acceptors (Lipinski definition) is 5. The summed E-state index contributed by atoms with van der Waals surface area (Å²) in [6.07, 6.45) is 4.29. The van der Waals surface area contributed by atoms with Gasteiger partial charge >= 0.3 is 5.69 Å². The fraction of sp³-hybridized carbons (Fsp3) is 0.583. The van der Waals surface area contributed by atoms with Gasteiger partial charge in [0.25, 0.3) is 0 Å². The lowest BCUT2D eigenvalue weighted by atomic mass is 9.93. The molecule has 0 bridgehead atoms. The van der Waals surface area contributed by atoms with Crippen LogP contribution in [0.25, 0.3) is 0 Å². The Hall–Kier alpha value is -1.85. The molecular formula is C12H18N4O2. The van der Waals surface area contributed by atoms with Crippen LogP contribution in [-0.2, 0) is 0 Å². The number of nitrogens with one attached hydrogen (secondary N) is 2. The van der Waals surface area contributed by atoms with E-state index in [9.17, 15) is 10.1 Å². The van der Waals surface area contributed by atoms with Crippen molar-refractivity contribution >= 4 is 17.3 Å². The molecule has 1 aliphatic carbocycles. The molecule has 0 aliphatic heterocycles. The summed E-state index contributed by atoms with van der Waals surface area (Å²) in [6, 6.07) is 3.49. The molecule has 0 spiro atoms. The van der Waals surface area contributed by atoms with E-state index in [-0.39, 0.29) is 5.69 Å². The van der Waals surface area contributed by atoms with E-state index in [0.717, 1.165) is 25.8 Å². The Morgan fingerprint density at radius 2 is 2.28 bits per heavy atom. The number of aromatic nitrogens is 1. The zero-order chi connectivity index (χ0) is 13.0. The average molecular weight is 250 g/mol. The summed E-state index contributed by atoms with van der Waals surface area (Å²) < 4.78 is 0. The van der Waals surface area contributed by atoms with Crippen molar-refractivity contribution in [3.63, 3.8) is 0 Å². The zero-order valence-electron chi connectivity index (χ0n) is 10.5. The van der Waals surface area contributed by atoms with Gasteiger partial charge in [-0.05, 0) is 31.7 Å². The van der Waals surface area contributed by atoms with Crippen LogP contribution in [0, 0.1) is 10.1 Å². The second-order valence-electron chi connectivity index (χ2n) is 4.52. The molecule has 0 unspecified atom stereocenters. The van der Waals surface area contributed by atoms with E-state index in [1.54, 1.807) is 6.07 Å². The van der Waals surface area contributed by atoms with E-state index >= 15 is 0 Å². The van der Waals surface area contributed by atoms with E-state index < -0.39 is 4.92 Å². The minimum atomic E-state index is -0.391. The number of rotatable bonds is 6. The topological polar surface area (TPSA) is 80.1 Å². The van der Waals surface area contributed by atoms with Crippen molar-refractivity contribution in [2.24, 2.45) is 0 Å². The van der Waals surface area contributed by atoms with Gasteiger partial charge in [-0.25, -0.2) is 4.98 Å².